The summed E-state index contributed by atoms with van der Waals surface area (Å²) in [5.74, 6) is -0.470. The molecule has 0 radical (unpaired) electrons. The van der Waals surface area contributed by atoms with Gasteiger partial charge in [-0.15, -0.1) is 0 Å². The molecular formula is C18H19ClN2O2. The lowest BCUT2D eigenvalue weighted by Gasteiger charge is -2.07. The van der Waals surface area contributed by atoms with Crippen molar-refractivity contribution in [2.75, 3.05) is 13.1 Å². The summed E-state index contributed by atoms with van der Waals surface area (Å²) < 4.78 is 0. The number of hydrogen-bond acceptors (Lipinski definition) is 2. The van der Waals surface area contributed by atoms with Gasteiger partial charge in [0.2, 0.25) is 5.91 Å². The number of halogens is 1. The second-order valence-corrected chi connectivity index (χ2v) is 5.72. The summed E-state index contributed by atoms with van der Waals surface area (Å²) in [4.78, 5) is 23.6. The van der Waals surface area contributed by atoms with Crippen LogP contribution in [0.25, 0.3) is 0 Å². The Hall–Kier alpha value is -2.33. The minimum absolute atomic E-state index is 0.0394. The molecule has 0 aliphatic carbocycles. The third-order valence-corrected chi connectivity index (χ3v) is 3.58. The predicted molar refractivity (Wildman–Crippen MR) is 91.7 cm³/mol. The molecule has 0 aliphatic heterocycles. The number of aryl methyl sites for hydroxylation is 1. The standard InChI is InChI=1S/C18H19ClN2O2/c1-13-5-7-15(8-6-13)18(23)21-12-17(22)20-10-9-14-3-2-4-16(19)11-14/h2-8,11H,9-10,12H2,1H3,(H,20,22)(H,21,23). The fraction of sp³-hybridized carbons (Fsp3) is 0.222. The van der Waals surface area contributed by atoms with Crippen LogP contribution < -0.4 is 10.6 Å². The lowest BCUT2D eigenvalue weighted by atomic mass is 10.1. The Balaban J connectivity index is 1.70. The summed E-state index contributed by atoms with van der Waals surface area (Å²) in [6.45, 7) is 2.41. The maximum Gasteiger partial charge on any atom is 0.251 e. The maximum atomic E-state index is 11.9. The SMILES string of the molecule is Cc1ccc(C(=O)NCC(=O)NCCc2cccc(Cl)c2)cc1. The van der Waals surface area contributed by atoms with Crippen molar-refractivity contribution in [3.05, 3.63) is 70.2 Å². The molecule has 0 bridgehead atoms. The minimum Gasteiger partial charge on any atom is -0.354 e. The quantitative estimate of drug-likeness (QED) is 0.855. The normalized spacial score (nSPS) is 10.2. The highest BCUT2D eigenvalue weighted by Gasteiger charge is 2.07. The van der Waals surface area contributed by atoms with E-state index in [-0.39, 0.29) is 18.4 Å². The summed E-state index contributed by atoms with van der Waals surface area (Å²) in [7, 11) is 0. The maximum absolute atomic E-state index is 11.9. The van der Waals surface area contributed by atoms with Crippen molar-refractivity contribution in [2.45, 2.75) is 13.3 Å². The molecule has 2 rings (SSSR count). The number of rotatable bonds is 6. The minimum atomic E-state index is -0.255. The van der Waals surface area contributed by atoms with E-state index < -0.39 is 0 Å². The first kappa shape index (κ1) is 17.0. The third kappa shape index (κ3) is 5.75. The molecule has 2 amide bonds. The molecule has 0 heterocycles. The van der Waals surface area contributed by atoms with E-state index in [4.69, 9.17) is 11.6 Å². The summed E-state index contributed by atoms with van der Waals surface area (Å²) in [5.41, 5.74) is 2.68. The molecule has 4 nitrogen and oxygen atoms in total. The van der Waals surface area contributed by atoms with Gasteiger partial charge in [0.25, 0.3) is 5.91 Å². The Morgan fingerprint density at radius 1 is 1.04 bits per heavy atom. The van der Waals surface area contributed by atoms with Gasteiger partial charge in [-0.1, -0.05) is 41.4 Å². The Labute approximate surface area is 140 Å². The van der Waals surface area contributed by atoms with E-state index >= 15 is 0 Å². The summed E-state index contributed by atoms with van der Waals surface area (Å²) in [6, 6.07) is 14.7. The van der Waals surface area contributed by atoms with Crippen molar-refractivity contribution in [3.63, 3.8) is 0 Å². The molecule has 0 aromatic heterocycles. The van der Waals surface area contributed by atoms with Crippen LogP contribution in [0.4, 0.5) is 0 Å². The molecule has 0 aliphatic rings. The fourth-order valence-electron chi connectivity index (χ4n) is 2.07. The molecule has 0 saturated heterocycles. The highest BCUT2D eigenvalue weighted by atomic mass is 35.5. The van der Waals surface area contributed by atoms with Crippen LogP contribution in [0, 0.1) is 6.92 Å². The van der Waals surface area contributed by atoms with Crippen molar-refractivity contribution in [2.24, 2.45) is 0 Å². The monoisotopic (exact) mass is 330 g/mol. The largest absolute Gasteiger partial charge is 0.354 e. The smallest absolute Gasteiger partial charge is 0.251 e. The van der Waals surface area contributed by atoms with Crippen LogP contribution in [0.1, 0.15) is 21.5 Å². The van der Waals surface area contributed by atoms with Crippen LogP contribution >= 0.6 is 11.6 Å². The second kappa shape index (κ2) is 8.34. The first-order valence-electron chi connectivity index (χ1n) is 7.40. The Morgan fingerprint density at radius 3 is 2.48 bits per heavy atom. The summed E-state index contributed by atoms with van der Waals surface area (Å²) in [5, 5.41) is 6.05. The third-order valence-electron chi connectivity index (χ3n) is 3.35. The topological polar surface area (TPSA) is 58.2 Å². The molecule has 2 N–H and O–H groups in total. The van der Waals surface area contributed by atoms with Gasteiger partial charge >= 0.3 is 0 Å². The molecule has 0 saturated carbocycles. The zero-order valence-corrected chi connectivity index (χ0v) is 13.7. The van der Waals surface area contributed by atoms with Gasteiger partial charge in [0.1, 0.15) is 0 Å². The molecule has 120 valence electrons. The van der Waals surface area contributed by atoms with Crippen LogP contribution in [0.5, 0.6) is 0 Å². The number of carbonyl (C=O) groups is 2. The van der Waals surface area contributed by atoms with Crippen LogP contribution in [-0.2, 0) is 11.2 Å². The van der Waals surface area contributed by atoms with E-state index in [1.165, 1.54) is 0 Å². The first-order chi connectivity index (χ1) is 11.0. The number of hydrogen-bond donors (Lipinski definition) is 2. The van der Waals surface area contributed by atoms with E-state index in [0.717, 1.165) is 11.1 Å². The fourth-order valence-corrected chi connectivity index (χ4v) is 2.28. The summed E-state index contributed by atoms with van der Waals surface area (Å²) >= 11 is 5.90. The number of nitrogens with one attached hydrogen (secondary N) is 2. The second-order valence-electron chi connectivity index (χ2n) is 5.28. The van der Waals surface area contributed by atoms with E-state index in [0.29, 0.717) is 23.6 Å². The van der Waals surface area contributed by atoms with Gasteiger partial charge in [-0.05, 0) is 43.2 Å². The van der Waals surface area contributed by atoms with Gasteiger partial charge < -0.3 is 10.6 Å². The average Bonchev–Trinajstić information content (AvgIpc) is 2.53. The number of amides is 2. The molecule has 5 heteroatoms. The molecule has 0 atom stereocenters. The van der Waals surface area contributed by atoms with E-state index in [1.54, 1.807) is 12.1 Å². The Bertz CT molecular complexity index is 684. The molecule has 2 aromatic rings. The van der Waals surface area contributed by atoms with Gasteiger partial charge in [0, 0.05) is 17.1 Å². The van der Waals surface area contributed by atoms with Crippen molar-refractivity contribution >= 4 is 23.4 Å². The van der Waals surface area contributed by atoms with Gasteiger partial charge in [-0.25, -0.2) is 0 Å². The average molecular weight is 331 g/mol. The first-order valence-corrected chi connectivity index (χ1v) is 7.78. The lowest BCUT2D eigenvalue weighted by molar-refractivity contribution is -0.120. The van der Waals surface area contributed by atoms with Crippen molar-refractivity contribution in [1.82, 2.24) is 10.6 Å². The zero-order valence-electron chi connectivity index (χ0n) is 12.9. The van der Waals surface area contributed by atoms with E-state index in [2.05, 4.69) is 10.6 Å². The van der Waals surface area contributed by atoms with E-state index in [9.17, 15) is 9.59 Å². The Morgan fingerprint density at radius 2 is 1.78 bits per heavy atom. The lowest BCUT2D eigenvalue weighted by Crippen LogP contribution is -2.37. The van der Waals surface area contributed by atoms with Gasteiger partial charge in [0.05, 0.1) is 6.54 Å². The molecule has 0 fully saturated rings. The van der Waals surface area contributed by atoms with Gasteiger partial charge in [0.15, 0.2) is 0 Å². The highest BCUT2D eigenvalue weighted by molar-refractivity contribution is 6.30. The molecule has 0 spiro atoms. The van der Waals surface area contributed by atoms with Gasteiger partial charge in [-0.3, -0.25) is 9.59 Å². The van der Waals surface area contributed by atoms with Crippen LogP contribution in [0.15, 0.2) is 48.5 Å². The van der Waals surface area contributed by atoms with Crippen molar-refractivity contribution in [3.8, 4) is 0 Å². The molecule has 2 aromatic carbocycles. The zero-order chi connectivity index (χ0) is 16.7. The molecule has 0 unspecified atom stereocenters. The van der Waals surface area contributed by atoms with Crippen molar-refractivity contribution < 1.29 is 9.59 Å². The molecule has 23 heavy (non-hydrogen) atoms. The highest BCUT2D eigenvalue weighted by Crippen LogP contribution is 2.10. The van der Waals surface area contributed by atoms with Crippen LogP contribution in [0.2, 0.25) is 5.02 Å². The van der Waals surface area contributed by atoms with Gasteiger partial charge in [-0.2, -0.15) is 0 Å². The number of benzene rings is 2. The van der Waals surface area contributed by atoms with Crippen LogP contribution in [0.3, 0.4) is 0 Å². The predicted octanol–water partition coefficient (Wildman–Crippen LogP) is 2.74. The summed E-state index contributed by atoms with van der Waals surface area (Å²) in [6.07, 6.45) is 0.693. The van der Waals surface area contributed by atoms with Crippen LogP contribution in [-0.4, -0.2) is 24.9 Å². The van der Waals surface area contributed by atoms with E-state index in [1.807, 2.05) is 43.3 Å². The molecular weight excluding hydrogens is 312 g/mol. The Kier molecular flexibility index (Phi) is 6.18. The number of carbonyl (C=O) groups excluding carboxylic acids is 2. The van der Waals surface area contributed by atoms with Crippen molar-refractivity contribution in [1.29, 1.82) is 0 Å².